The quantitative estimate of drug-likeness (QED) is 0.545. The lowest BCUT2D eigenvalue weighted by Gasteiger charge is -2.21. The van der Waals surface area contributed by atoms with Crippen molar-refractivity contribution in [2.45, 2.75) is 77.0 Å². The van der Waals surface area contributed by atoms with Crippen molar-refractivity contribution >= 4 is 18.0 Å². The van der Waals surface area contributed by atoms with Crippen LogP contribution in [0.2, 0.25) is 0 Å². The van der Waals surface area contributed by atoms with Gasteiger partial charge in [0.05, 0.1) is 0 Å². The van der Waals surface area contributed by atoms with E-state index in [1.54, 1.807) is 20.8 Å². The second kappa shape index (κ2) is 9.03. The topological polar surface area (TPSA) is 139 Å². The van der Waals surface area contributed by atoms with E-state index in [0.29, 0.717) is 24.7 Å². The first kappa shape index (κ1) is 21.2. The highest BCUT2D eigenvalue weighted by Gasteiger charge is 2.31. The van der Waals surface area contributed by atoms with E-state index < -0.39 is 35.7 Å². The highest BCUT2D eigenvalue weighted by molar-refractivity contribution is 5.80. The molecule has 0 spiro atoms. The summed E-state index contributed by atoms with van der Waals surface area (Å²) < 4.78 is 5.01. The summed E-state index contributed by atoms with van der Waals surface area (Å²) in [4.78, 5) is 32.4. The van der Waals surface area contributed by atoms with Gasteiger partial charge in [-0.1, -0.05) is 25.7 Å². The van der Waals surface area contributed by atoms with E-state index in [4.69, 9.17) is 20.7 Å². The van der Waals surface area contributed by atoms with Crippen molar-refractivity contribution in [3.8, 4) is 0 Å². The average molecular weight is 358 g/mol. The molecule has 0 saturated heterocycles. The molecule has 2 rings (SSSR count). The number of carbonyl (C=O) groups excluding carboxylic acids is 1. The lowest BCUT2D eigenvalue weighted by Crippen LogP contribution is -2.43. The summed E-state index contributed by atoms with van der Waals surface area (Å²) in [6.07, 6.45) is 4.94. The minimum absolute atomic E-state index is 0.441. The minimum atomic E-state index is -1.00. The Morgan fingerprint density at radius 1 is 1.04 bits per heavy atom. The summed E-state index contributed by atoms with van der Waals surface area (Å²) in [5.41, 5.74) is 4.65. The van der Waals surface area contributed by atoms with Gasteiger partial charge in [0.2, 0.25) is 0 Å². The Morgan fingerprint density at radius 3 is 1.88 bits per heavy atom. The third-order valence-electron chi connectivity index (χ3n) is 3.86. The van der Waals surface area contributed by atoms with Crippen molar-refractivity contribution in [3.63, 3.8) is 0 Å². The van der Waals surface area contributed by atoms with Crippen LogP contribution in [0.15, 0.2) is 0 Å². The molecule has 0 bridgehead atoms. The lowest BCUT2D eigenvalue weighted by molar-refractivity contribution is -0.140. The molecule has 0 heterocycles. The van der Waals surface area contributed by atoms with Crippen molar-refractivity contribution in [2.24, 2.45) is 17.6 Å². The standard InChI is InChI=1S/C11H19NO4.C6H11NO2/c1-11(2,3)16-10(15)12-8(9(13)14)6-7-4-5-7;7-5(6(8)9)3-4-1-2-4/h7-8H,4-6H2,1-3H3,(H,12,15)(H,13,14);4-5H,1-3,7H2,(H,8,9)/t8-;5-/m00/s1. The lowest BCUT2D eigenvalue weighted by atomic mass is 10.1. The molecule has 2 saturated carbocycles. The molecule has 8 nitrogen and oxygen atoms in total. The largest absolute Gasteiger partial charge is 0.480 e. The van der Waals surface area contributed by atoms with Gasteiger partial charge in [0.15, 0.2) is 0 Å². The maximum Gasteiger partial charge on any atom is 0.408 e. The monoisotopic (exact) mass is 358 g/mol. The summed E-state index contributed by atoms with van der Waals surface area (Å²) in [7, 11) is 0. The third kappa shape index (κ3) is 10.6. The molecule has 0 radical (unpaired) electrons. The highest BCUT2D eigenvalue weighted by Crippen LogP contribution is 2.33. The fourth-order valence-electron chi connectivity index (χ4n) is 2.17. The molecule has 2 fully saturated rings. The van der Waals surface area contributed by atoms with Gasteiger partial charge in [0, 0.05) is 0 Å². The molecule has 25 heavy (non-hydrogen) atoms. The number of amides is 1. The molecule has 8 heteroatoms. The number of aliphatic carboxylic acids is 2. The second-order valence-electron chi connectivity index (χ2n) is 7.84. The molecule has 2 atom stereocenters. The van der Waals surface area contributed by atoms with Crippen LogP contribution in [0.5, 0.6) is 0 Å². The van der Waals surface area contributed by atoms with Crippen LogP contribution < -0.4 is 11.1 Å². The van der Waals surface area contributed by atoms with Gasteiger partial charge >= 0.3 is 18.0 Å². The fourth-order valence-corrected chi connectivity index (χ4v) is 2.17. The van der Waals surface area contributed by atoms with Gasteiger partial charge in [-0.3, -0.25) is 4.79 Å². The van der Waals surface area contributed by atoms with Gasteiger partial charge < -0.3 is 26.0 Å². The Morgan fingerprint density at radius 2 is 1.52 bits per heavy atom. The van der Waals surface area contributed by atoms with Crippen LogP contribution in [-0.4, -0.2) is 45.9 Å². The van der Waals surface area contributed by atoms with Gasteiger partial charge in [0.25, 0.3) is 0 Å². The smallest absolute Gasteiger partial charge is 0.408 e. The zero-order chi connectivity index (χ0) is 19.2. The van der Waals surface area contributed by atoms with Crippen LogP contribution in [0.1, 0.15) is 59.3 Å². The zero-order valence-corrected chi connectivity index (χ0v) is 15.2. The van der Waals surface area contributed by atoms with Crippen LogP contribution >= 0.6 is 0 Å². The van der Waals surface area contributed by atoms with Crippen LogP contribution in [0.3, 0.4) is 0 Å². The van der Waals surface area contributed by atoms with Gasteiger partial charge in [-0.2, -0.15) is 0 Å². The maximum absolute atomic E-state index is 11.4. The minimum Gasteiger partial charge on any atom is -0.480 e. The van der Waals surface area contributed by atoms with Crippen LogP contribution in [0.4, 0.5) is 4.79 Å². The van der Waals surface area contributed by atoms with E-state index in [9.17, 15) is 14.4 Å². The van der Waals surface area contributed by atoms with E-state index in [1.807, 2.05) is 0 Å². The molecule has 144 valence electrons. The molecule has 5 N–H and O–H groups in total. The Balaban J connectivity index is 0.000000293. The molecule has 2 aliphatic rings. The molecule has 2 aliphatic carbocycles. The predicted molar refractivity (Wildman–Crippen MR) is 91.1 cm³/mol. The van der Waals surface area contributed by atoms with Gasteiger partial charge in [-0.15, -0.1) is 0 Å². The van der Waals surface area contributed by atoms with E-state index in [1.165, 1.54) is 12.8 Å². The van der Waals surface area contributed by atoms with Gasteiger partial charge in [-0.25, -0.2) is 9.59 Å². The number of alkyl carbamates (subject to hydrolysis) is 1. The number of nitrogens with two attached hydrogens (primary N) is 1. The number of hydrogen-bond acceptors (Lipinski definition) is 5. The van der Waals surface area contributed by atoms with Crippen LogP contribution in [0, 0.1) is 11.8 Å². The third-order valence-corrected chi connectivity index (χ3v) is 3.86. The number of nitrogens with one attached hydrogen (secondary N) is 1. The Hall–Kier alpha value is -1.83. The SMILES string of the molecule is CC(C)(C)OC(=O)N[C@@H](CC1CC1)C(=O)O.N[C@@H](CC1CC1)C(=O)O. The van der Waals surface area contributed by atoms with Crippen molar-refractivity contribution < 1.29 is 29.3 Å². The number of carboxylic acids is 2. The molecule has 0 aromatic carbocycles. The van der Waals surface area contributed by atoms with Crippen molar-refractivity contribution in [3.05, 3.63) is 0 Å². The number of carboxylic acid groups (broad SMARTS) is 2. The fraction of sp³-hybridized carbons (Fsp3) is 0.824. The summed E-state index contributed by atoms with van der Waals surface area (Å²) >= 11 is 0. The second-order valence-corrected chi connectivity index (χ2v) is 7.84. The van der Waals surface area contributed by atoms with E-state index in [0.717, 1.165) is 12.8 Å². The van der Waals surface area contributed by atoms with Crippen molar-refractivity contribution in [1.29, 1.82) is 0 Å². The predicted octanol–water partition coefficient (Wildman–Crippen LogP) is 1.96. The van der Waals surface area contributed by atoms with Gasteiger partial charge in [-0.05, 0) is 45.4 Å². The Kier molecular flexibility index (Phi) is 7.66. The number of ether oxygens (including phenoxy) is 1. The summed E-state index contributed by atoms with van der Waals surface area (Å²) in [5.74, 6) is -0.827. The summed E-state index contributed by atoms with van der Waals surface area (Å²) in [6.45, 7) is 5.22. The maximum atomic E-state index is 11.4. The Bertz CT molecular complexity index is 480. The molecule has 1 amide bonds. The number of rotatable bonds is 7. The normalized spacial score (nSPS) is 19.0. The first-order valence-electron chi connectivity index (χ1n) is 8.68. The first-order valence-corrected chi connectivity index (χ1v) is 8.68. The molecular weight excluding hydrogens is 328 g/mol. The van der Waals surface area contributed by atoms with Crippen molar-refractivity contribution in [1.82, 2.24) is 5.32 Å². The van der Waals surface area contributed by atoms with E-state index in [-0.39, 0.29) is 0 Å². The van der Waals surface area contributed by atoms with Crippen LogP contribution in [-0.2, 0) is 14.3 Å². The average Bonchev–Trinajstić information content (AvgIpc) is 3.31. The van der Waals surface area contributed by atoms with Gasteiger partial charge in [0.1, 0.15) is 17.7 Å². The molecular formula is C17H30N2O6. The number of carbonyl (C=O) groups is 3. The summed E-state index contributed by atoms with van der Waals surface area (Å²) in [5, 5.41) is 19.6. The highest BCUT2D eigenvalue weighted by atomic mass is 16.6. The summed E-state index contributed by atoms with van der Waals surface area (Å²) in [6, 6.07) is -1.46. The molecule has 0 unspecified atom stereocenters. The van der Waals surface area contributed by atoms with E-state index >= 15 is 0 Å². The number of hydrogen-bond donors (Lipinski definition) is 4. The Labute approximate surface area is 148 Å². The van der Waals surface area contributed by atoms with Crippen molar-refractivity contribution in [2.75, 3.05) is 0 Å². The first-order chi connectivity index (χ1) is 11.5. The zero-order valence-electron chi connectivity index (χ0n) is 15.2. The molecule has 0 aromatic heterocycles. The van der Waals surface area contributed by atoms with Crippen LogP contribution in [0.25, 0.3) is 0 Å². The molecule has 0 aliphatic heterocycles. The van der Waals surface area contributed by atoms with E-state index in [2.05, 4.69) is 5.32 Å². The molecule has 0 aromatic rings.